The Morgan fingerprint density at radius 1 is 1.69 bits per heavy atom. The summed E-state index contributed by atoms with van der Waals surface area (Å²) in [4.78, 5) is 11.2. The minimum absolute atomic E-state index is 0.0272. The third-order valence-electron chi connectivity index (χ3n) is 1.63. The monoisotopic (exact) mass is 183 g/mol. The first kappa shape index (κ1) is 9.64. The van der Waals surface area contributed by atoms with Crippen molar-refractivity contribution in [3.05, 3.63) is 18.1 Å². The molecule has 0 atom stereocenters. The molecular formula is C9H13NO3. The van der Waals surface area contributed by atoms with Gasteiger partial charge in [-0.05, 0) is 6.42 Å². The molecule has 0 aliphatic rings. The predicted octanol–water partition coefficient (Wildman–Crippen LogP) is 1.52. The summed E-state index contributed by atoms with van der Waals surface area (Å²) in [5, 5.41) is 11.6. The Kier molecular flexibility index (Phi) is 3.37. The molecule has 0 spiro atoms. The van der Waals surface area contributed by atoms with E-state index in [9.17, 15) is 4.79 Å². The van der Waals surface area contributed by atoms with Gasteiger partial charge >= 0.3 is 0 Å². The SMILES string of the molecule is CCCCNC(=O)c1cc(O)co1. The van der Waals surface area contributed by atoms with Crippen molar-refractivity contribution in [3.8, 4) is 5.75 Å². The molecule has 13 heavy (non-hydrogen) atoms. The Morgan fingerprint density at radius 3 is 3.00 bits per heavy atom. The number of hydrogen-bond acceptors (Lipinski definition) is 3. The molecule has 2 N–H and O–H groups in total. The molecule has 0 bridgehead atoms. The third kappa shape index (κ3) is 2.82. The molecule has 4 nitrogen and oxygen atoms in total. The van der Waals surface area contributed by atoms with E-state index in [-0.39, 0.29) is 17.4 Å². The molecule has 1 aromatic heterocycles. The molecular weight excluding hydrogens is 170 g/mol. The van der Waals surface area contributed by atoms with Crippen molar-refractivity contribution >= 4 is 5.91 Å². The fourth-order valence-corrected chi connectivity index (χ4v) is 0.911. The molecule has 0 aliphatic heterocycles. The van der Waals surface area contributed by atoms with Crippen LogP contribution in [0.4, 0.5) is 0 Å². The standard InChI is InChI=1S/C9H13NO3/c1-2-3-4-10-9(12)8-5-7(11)6-13-8/h5-6,11H,2-4H2,1H3,(H,10,12). The predicted molar refractivity (Wildman–Crippen MR) is 47.6 cm³/mol. The van der Waals surface area contributed by atoms with E-state index in [0.29, 0.717) is 6.54 Å². The summed E-state index contributed by atoms with van der Waals surface area (Å²) in [7, 11) is 0. The summed E-state index contributed by atoms with van der Waals surface area (Å²) in [5.41, 5.74) is 0. The van der Waals surface area contributed by atoms with Crippen molar-refractivity contribution in [2.75, 3.05) is 6.54 Å². The van der Waals surface area contributed by atoms with Crippen LogP contribution in [-0.4, -0.2) is 17.6 Å². The molecule has 0 aliphatic carbocycles. The first-order valence-electron chi connectivity index (χ1n) is 4.29. The molecule has 0 unspecified atom stereocenters. The van der Waals surface area contributed by atoms with E-state index in [1.54, 1.807) is 0 Å². The lowest BCUT2D eigenvalue weighted by Gasteiger charge is -1.99. The maximum Gasteiger partial charge on any atom is 0.287 e. The van der Waals surface area contributed by atoms with Gasteiger partial charge < -0.3 is 14.8 Å². The van der Waals surface area contributed by atoms with Crippen LogP contribution in [0.1, 0.15) is 30.3 Å². The third-order valence-corrected chi connectivity index (χ3v) is 1.63. The van der Waals surface area contributed by atoms with Gasteiger partial charge in [0.25, 0.3) is 5.91 Å². The average Bonchev–Trinajstić information content (AvgIpc) is 2.52. The highest BCUT2D eigenvalue weighted by Crippen LogP contribution is 2.12. The fourth-order valence-electron chi connectivity index (χ4n) is 0.911. The largest absolute Gasteiger partial charge is 0.505 e. The van der Waals surface area contributed by atoms with Crippen molar-refractivity contribution in [3.63, 3.8) is 0 Å². The van der Waals surface area contributed by atoms with Crippen LogP contribution in [0.2, 0.25) is 0 Å². The van der Waals surface area contributed by atoms with E-state index in [1.807, 2.05) is 6.92 Å². The molecule has 0 aromatic carbocycles. The van der Waals surface area contributed by atoms with Crippen LogP contribution in [0, 0.1) is 0 Å². The van der Waals surface area contributed by atoms with Gasteiger partial charge in [0.2, 0.25) is 0 Å². The maximum absolute atomic E-state index is 11.2. The van der Waals surface area contributed by atoms with Gasteiger partial charge in [-0.2, -0.15) is 0 Å². The summed E-state index contributed by atoms with van der Waals surface area (Å²) in [6.07, 6.45) is 3.11. The van der Waals surface area contributed by atoms with Crippen LogP contribution < -0.4 is 5.32 Å². The van der Waals surface area contributed by atoms with Crippen molar-refractivity contribution in [1.82, 2.24) is 5.32 Å². The van der Waals surface area contributed by atoms with Crippen molar-refractivity contribution in [2.24, 2.45) is 0 Å². The number of nitrogens with one attached hydrogen (secondary N) is 1. The van der Waals surface area contributed by atoms with Gasteiger partial charge in [0.05, 0.1) is 0 Å². The molecule has 72 valence electrons. The number of unbranched alkanes of at least 4 members (excludes halogenated alkanes) is 1. The van der Waals surface area contributed by atoms with Crippen LogP contribution in [0.5, 0.6) is 5.75 Å². The van der Waals surface area contributed by atoms with Gasteiger partial charge in [0.15, 0.2) is 11.5 Å². The smallest absolute Gasteiger partial charge is 0.287 e. The van der Waals surface area contributed by atoms with Gasteiger partial charge in [-0.25, -0.2) is 0 Å². The summed E-state index contributed by atoms with van der Waals surface area (Å²) >= 11 is 0. The number of furan rings is 1. The van der Waals surface area contributed by atoms with E-state index >= 15 is 0 Å². The van der Waals surface area contributed by atoms with E-state index in [0.717, 1.165) is 19.1 Å². The number of carbonyl (C=O) groups excluding carboxylic acids is 1. The van der Waals surface area contributed by atoms with E-state index < -0.39 is 0 Å². The molecule has 1 aromatic rings. The molecule has 4 heteroatoms. The Morgan fingerprint density at radius 2 is 2.46 bits per heavy atom. The first-order valence-corrected chi connectivity index (χ1v) is 4.29. The molecule has 0 saturated heterocycles. The Bertz CT molecular complexity index is 280. The zero-order chi connectivity index (χ0) is 9.68. The molecule has 0 fully saturated rings. The van der Waals surface area contributed by atoms with E-state index in [1.165, 1.54) is 6.07 Å². The highest BCUT2D eigenvalue weighted by Gasteiger charge is 2.09. The minimum atomic E-state index is -0.284. The van der Waals surface area contributed by atoms with Gasteiger partial charge in [-0.15, -0.1) is 0 Å². The number of amides is 1. The second kappa shape index (κ2) is 4.54. The second-order valence-electron chi connectivity index (χ2n) is 2.78. The average molecular weight is 183 g/mol. The minimum Gasteiger partial charge on any atom is -0.505 e. The quantitative estimate of drug-likeness (QED) is 0.695. The molecule has 1 amide bonds. The lowest BCUT2D eigenvalue weighted by molar-refractivity contribution is 0.0925. The van der Waals surface area contributed by atoms with Crippen molar-refractivity contribution < 1.29 is 14.3 Å². The summed E-state index contributed by atoms with van der Waals surface area (Å²) in [6, 6.07) is 1.29. The number of carbonyl (C=O) groups is 1. The van der Waals surface area contributed by atoms with E-state index in [2.05, 4.69) is 5.32 Å². The zero-order valence-electron chi connectivity index (χ0n) is 7.54. The number of rotatable bonds is 4. The molecule has 0 radical (unpaired) electrons. The lowest BCUT2D eigenvalue weighted by atomic mass is 10.3. The zero-order valence-corrected chi connectivity index (χ0v) is 7.54. The maximum atomic E-state index is 11.2. The topological polar surface area (TPSA) is 62.5 Å². The van der Waals surface area contributed by atoms with Crippen molar-refractivity contribution in [2.45, 2.75) is 19.8 Å². The van der Waals surface area contributed by atoms with Crippen LogP contribution in [0.15, 0.2) is 16.7 Å². The van der Waals surface area contributed by atoms with Crippen LogP contribution in [0.3, 0.4) is 0 Å². The molecule has 1 rings (SSSR count). The van der Waals surface area contributed by atoms with Gasteiger partial charge in [-0.1, -0.05) is 13.3 Å². The summed E-state index contributed by atoms with van der Waals surface area (Å²) in [5.74, 6) is -0.164. The molecule has 1 heterocycles. The van der Waals surface area contributed by atoms with Gasteiger partial charge in [0, 0.05) is 12.6 Å². The highest BCUT2D eigenvalue weighted by molar-refractivity contribution is 5.91. The van der Waals surface area contributed by atoms with E-state index in [4.69, 9.17) is 9.52 Å². The van der Waals surface area contributed by atoms with Crippen molar-refractivity contribution in [1.29, 1.82) is 0 Å². The summed E-state index contributed by atoms with van der Waals surface area (Å²) in [6.45, 7) is 2.68. The van der Waals surface area contributed by atoms with Gasteiger partial charge in [-0.3, -0.25) is 4.79 Å². The number of hydrogen-bond donors (Lipinski definition) is 2. The summed E-state index contributed by atoms with van der Waals surface area (Å²) < 4.78 is 4.79. The molecule has 0 saturated carbocycles. The second-order valence-corrected chi connectivity index (χ2v) is 2.78. The fraction of sp³-hybridized carbons (Fsp3) is 0.444. The lowest BCUT2D eigenvalue weighted by Crippen LogP contribution is -2.23. The van der Waals surface area contributed by atoms with Gasteiger partial charge in [0.1, 0.15) is 6.26 Å². The van der Waals surface area contributed by atoms with Crippen LogP contribution >= 0.6 is 0 Å². The Balaban J connectivity index is 2.40. The normalized spacial score (nSPS) is 9.92. The van der Waals surface area contributed by atoms with Crippen LogP contribution in [0.25, 0.3) is 0 Å². The first-order chi connectivity index (χ1) is 6.24. The highest BCUT2D eigenvalue weighted by atomic mass is 16.4. The Labute approximate surface area is 76.6 Å². The van der Waals surface area contributed by atoms with Crippen LogP contribution in [-0.2, 0) is 0 Å². The Hall–Kier alpha value is -1.45. The number of aromatic hydroxyl groups is 1.